The molecule has 1 amide bonds. The van der Waals surface area contributed by atoms with Crippen LogP contribution in [0.1, 0.15) is 106 Å². The van der Waals surface area contributed by atoms with Gasteiger partial charge in [0.2, 0.25) is 5.91 Å². The summed E-state index contributed by atoms with van der Waals surface area (Å²) in [6, 6.07) is 0. The van der Waals surface area contributed by atoms with Crippen LogP contribution in [0.25, 0.3) is 0 Å². The first kappa shape index (κ1) is 30.4. The highest BCUT2D eigenvalue weighted by Gasteiger charge is 2.20. The standard InChI is InChI=1S/C31H54N2O/c1-26(2)12-8-13-28(5)14-9-15-29(6)16-10-17-30(7)18-11-19-31(34)33-24-22-32(23-25-33)21-20-27(3)4/h12,14,16,18,27H,8-11,13,15,17,19-25H2,1-7H3. The highest BCUT2D eigenvalue weighted by molar-refractivity contribution is 5.76. The lowest BCUT2D eigenvalue weighted by Crippen LogP contribution is -2.48. The van der Waals surface area contributed by atoms with Gasteiger partial charge in [-0.25, -0.2) is 0 Å². The van der Waals surface area contributed by atoms with Crippen LogP contribution >= 0.6 is 0 Å². The summed E-state index contributed by atoms with van der Waals surface area (Å²) < 4.78 is 0. The van der Waals surface area contributed by atoms with Gasteiger partial charge in [0.25, 0.3) is 0 Å². The number of amides is 1. The number of hydrogen-bond acceptors (Lipinski definition) is 2. The second-order valence-electron chi connectivity index (χ2n) is 11.0. The van der Waals surface area contributed by atoms with Gasteiger partial charge in [-0.1, -0.05) is 60.4 Å². The molecule has 194 valence electrons. The summed E-state index contributed by atoms with van der Waals surface area (Å²) in [5.74, 6) is 1.08. The van der Waals surface area contributed by atoms with Crippen LogP contribution in [0.2, 0.25) is 0 Å². The fourth-order valence-corrected chi connectivity index (χ4v) is 4.25. The first-order valence-corrected chi connectivity index (χ1v) is 13.8. The minimum atomic E-state index is 0.326. The van der Waals surface area contributed by atoms with E-state index in [0.29, 0.717) is 12.3 Å². The van der Waals surface area contributed by atoms with E-state index in [-0.39, 0.29) is 0 Å². The van der Waals surface area contributed by atoms with Gasteiger partial charge in [0, 0.05) is 32.6 Å². The number of hydrogen-bond donors (Lipinski definition) is 0. The van der Waals surface area contributed by atoms with Gasteiger partial charge in [-0.15, -0.1) is 0 Å². The van der Waals surface area contributed by atoms with Crippen LogP contribution in [0.4, 0.5) is 0 Å². The Morgan fingerprint density at radius 2 is 1.12 bits per heavy atom. The Morgan fingerprint density at radius 3 is 1.56 bits per heavy atom. The van der Waals surface area contributed by atoms with Crippen molar-refractivity contribution in [3.05, 3.63) is 46.6 Å². The quantitative estimate of drug-likeness (QED) is 0.226. The molecule has 1 saturated heterocycles. The van der Waals surface area contributed by atoms with Crippen molar-refractivity contribution in [2.75, 3.05) is 32.7 Å². The van der Waals surface area contributed by atoms with E-state index in [1.165, 1.54) is 41.7 Å². The second-order valence-corrected chi connectivity index (χ2v) is 11.0. The summed E-state index contributed by atoms with van der Waals surface area (Å²) in [5.41, 5.74) is 5.81. The zero-order chi connectivity index (χ0) is 25.3. The predicted molar refractivity (Wildman–Crippen MR) is 150 cm³/mol. The molecule has 1 aliphatic rings. The summed E-state index contributed by atoms with van der Waals surface area (Å²) >= 11 is 0. The number of rotatable bonds is 15. The molecular formula is C31H54N2O. The van der Waals surface area contributed by atoms with E-state index in [1.807, 2.05) is 0 Å². The average Bonchev–Trinajstić information content (AvgIpc) is 2.77. The molecule has 0 spiro atoms. The molecule has 0 unspecified atom stereocenters. The Labute approximate surface area is 212 Å². The summed E-state index contributed by atoms with van der Waals surface area (Å²) in [6.07, 6.45) is 19.0. The third-order valence-electron chi connectivity index (χ3n) is 6.75. The Hall–Kier alpha value is -1.61. The van der Waals surface area contributed by atoms with Gasteiger partial charge in [-0.3, -0.25) is 9.69 Å². The Morgan fingerprint density at radius 1 is 0.676 bits per heavy atom. The second kappa shape index (κ2) is 17.8. The highest BCUT2D eigenvalue weighted by atomic mass is 16.2. The van der Waals surface area contributed by atoms with Crippen molar-refractivity contribution in [3.63, 3.8) is 0 Å². The fourth-order valence-electron chi connectivity index (χ4n) is 4.25. The SMILES string of the molecule is CC(C)=CCCC(C)=CCCC(C)=CCCC(C)=CCCC(=O)N1CCN(CCC(C)C)CC1. The Balaban J connectivity index is 2.20. The number of nitrogens with zero attached hydrogens (tertiary/aromatic N) is 2. The number of carbonyl (C=O) groups excluding carboxylic acids is 1. The summed E-state index contributed by atoms with van der Waals surface area (Å²) in [6.45, 7) is 20.6. The lowest BCUT2D eigenvalue weighted by Gasteiger charge is -2.35. The molecule has 34 heavy (non-hydrogen) atoms. The van der Waals surface area contributed by atoms with Gasteiger partial charge < -0.3 is 4.90 Å². The zero-order valence-corrected chi connectivity index (χ0v) is 23.6. The highest BCUT2D eigenvalue weighted by Crippen LogP contribution is 2.14. The molecule has 0 aliphatic carbocycles. The molecule has 3 nitrogen and oxygen atoms in total. The molecule has 0 aromatic heterocycles. The van der Waals surface area contributed by atoms with Crippen molar-refractivity contribution in [1.29, 1.82) is 0 Å². The van der Waals surface area contributed by atoms with Crippen LogP contribution in [0.5, 0.6) is 0 Å². The molecule has 0 aromatic carbocycles. The molecule has 0 atom stereocenters. The van der Waals surface area contributed by atoms with Crippen molar-refractivity contribution in [2.24, 2.45) is 5.92 Å². The molecule has 1 fully saturated rings. The lowest BCUT2D eigenvalue weighted by atomic mass is 10.0. The van der Waals surface area contributed by atoms with Crippen molar-refractivity contribution < 1.29 is 4.79 Å². The van der Waals surface area contributed by atoms with Crippen LogP contribution in [-0.2, 0) is 4.79 Å². The molecule has 1 aliphatic heterocycles. The van der Waals surface area contributed by atoms with Gasteiger partial charge in [0.15, 0.2) is 0 Å². The first-order chi connectivity index (χ1) is 16.2. The van der Waals surface area contributed by atoms with Crippen molar-refractivity contribution in [3.8, 4) is 0 Å². The fraction of sp³-hybridized carbons (Fsp3) is 0.710. The molecule has 0 aromatic rings. The molecule has 3 heteroatoms. The third-order valence-corrected chi connectivity index (χ3v) is 6.75. The lowest BCUT2D eigenvalue weighted by molar-refractivity contribution is -0.132. The monoisotopic (exact) mass is 470 g/mol. The minimum Gasteiger partial charge on any atom is -0.340 e. The van der Waals surface area contributed by atoms with Gasteiger partial charge >= 0.3 is 0 Å². The molecule has 0 N–H and O–H groups in total. The van der Waals surface area contributed by atoms with Crippen molar-refractivity contribution in [1.82, 2.24) is 9.80 Å². The molecule has 0 bridgehead atoms. The van der Waals surface area contributed by atoms with Gasteiger partial charge in [0.05, 0.1) is 0 Å². The molecule has 0 radical (unpaired) electrons. The van der Waals surface area contributed by atoms with E-state index in [9.17, 15) is 4.79 Å². The van der Waals surface area contributed by atoms with E-state index in [0.717, 1.165) is 70.6 Å². The van der Waals surface area contributed by atoms with Crippen molar-refractivity contribution in [2.45, 2.75) is 106 Å². The van der Waals surface area contributed by atoms with Crippen LogP contribution in [0.3, 0.4) is 0 Å². The van der Waals surface area contributed by atoms with E-state index >= 15 is 0 Å². The van der Waals surface area contributed by atoms with Crippen LogP contribution in [0, 0.1) is 5.92 Å². The summed E-state index contributed by atoms with van der Waals surface area (Å²) in [7, 11) is 0. The maximum Gasteiger partial charge on any atom is 0.222 e. The maximum atomic E-state index is 12.6. The van der Waals surface area contributed by atoms with Crippen LogP contribution in [-0.4, -0.2) is 48.4 Å². The van der Waals surface area contributed by atoms with E-state index in [1.54, 1.807) is 0 Å². The average molecular weight is 471 g/mol. The Kier molecular flexibility index (Phi) is 15.9. The number of allylic oxidation sites excluding steroid dienone is 8. The van der Waals surface area contributed by atoms with Gasteiger partial charge in [0.1, 0.15) is 0 Å². The van der Waals surface area contributed by atoms with E-state index < -0.39 is 0 Å². The van der Waals surface area contributed by atoms with Gasteiger partial charge in [-0.2, -0.15) is 0 Å². The molecule has 0 saturated carbocycles. The van der Waals surface area contributed by atoms with Crippen LogP contribution < -0.4 is 0 Å². The van der Waals surface area contributed by atoms with Crippen molar-refractivity contribution >= 4 is 5.91 Å². The summed E-state index contributed by atoms with van der Waals surface area (Å²) in [5, 5.41) is 0. The maximum absolute atomic E-state index is 12.6. The topological polar surface area (TPSA) is 23.6 Å². The number of carbonyl (C=O) groups is 1. The first-order valence-electron chi connectivity index (χ1n) is 13.8. The summed E-state index contributed by atoms with van der Waals surface area (Å²) in [4.78, 5) is 17.1. The van der Waals surface area contributed by atoms with E-state index in [2.05, 4.69) is 82.6 Å². The van der Waals surface area contributed by atoms with E-state index in [4.69, 9.17) is 0 Å². The molecule has 1 heterocycles. The third kappa shape index (κ3) is 15.3. The largest absolute Gasteiger partial charge is 0.340 e. The molecular weight excluding hydrogens is 416 g/mol. The predicted octanol–water partition coefficient (Wildman–Crippen LogP) is 8.10. The smallest absolute Gasteiger partial charge is 0.222 e. The number of piperazine rings is 1. The minimum absolute atomic E-state index is 0.326. The van der Waals surface area contributed by atoms with Crippen LogP contribution in [0.15, 0.2) is 46.6 Å². The van der Waals surface area contributed by atoms with Gasteiger partial charge in [-0.05, 0) is 98.4 Å². The molecule has 1 rings (SSSR count). The Bertz CT molecular complexity index is 699. The normalized spacial score (nSPS) is 16.4. The zero-order valence-electron chi connectivity index (χ0n) is 23.6.